The summed E-state index contributed by atoms with van der Waals surface area (Å²) in [5.41, 5.74) is 1.65. The van der Waals surface area contributed by atoms with Crippen molar-refractivity contribution in [1.29, 1.82) is 0 Å². The average molecular weight is 219 g/mol. The summed E-state index contributed by atoms with van der Waals surface area (Å²) >= 11 is 0. The lowest BCUT2D eigenvalue weighted by Crippen LogP contribution is -2.24. The molecular weight excluding hydrogens is 202 g/mol. The molecule has 1 aliphatic carbocycles. The molecule has 0 radical (unpaired) electrons. The van der Waals surface area contributed by atoms with Crippen LogP contribution in [0.2, 0.25) is 0 Å². The normalized spacial score (nSPS) is 28.6. The van der Waals surface area contributed by atoms with E-state index in [1.807, 2.05) is 12.2 Å². The predicted molar refractivity (Wildman–Crippen MR) is 62.4 cm³/mol. The van der Waals surface area contributed by atoms with Crippen molar-refractivity contribution in [2.24, 2.45) is 5.41 Å². The zero-order chi connectivity index (χ0) is 11.9. The third-order valence-electron chi connectivity index (χ3n) is 3.47. The molecule has 86 valence electrons. The van der Waals surface area contributed by atoms with E-state index in [0.29, 0.717) is 6.42 Å². The molecule has 0 saturated heterocycles. The Kier molecular flexibility index (Phi) is 2.41. The maximum Gasteiger partial charge on any atom is 0.313 e. The van der Waals surface area contributed by atoms with E-state index in [1.165, 1.54) is 11.4 Å². The van der Waals surface area contributed by atoms with Gasteiger partial charge in [-0.25, -0.2) is 0 Å². The van der Waals surface area contributed by atoms with Crippen LogP contribution >= 0.6 is 0 Å². The summed E-state index contributed by atoms with van der Waals surface area (Å²) in [5.74, 6) is -0.742. The Morgan fingerprint density at radius 1 is 1.44 bits per heavy atom. The highest BCUT2D eigenvalue weighted by Crippen LogP contribution is 2.39. The fourth-order valence-electron chi connectivity index (χ4n) is 2.43. The van der Waals surface area contributed by atoms with Crippen molar-refractivity contribution in [1.82, 2.24) is 4.57 Å². The fourth-order valence-corrected chi connectivity index (χ4v) is 2.43. The van der Waals surface area contributed by atoms with Crippen LogP contribution in [0.3, 0.4) is 0 Å². The highest BCUT2D eigenvalue weighted by atomic mass is 16.4. The zero-order valence-corrected chi connectivity index (χ0v) is 9.90. The Bertz CT molecular complexity index is 439. The van der Waals surface area contributed by atoms with Gasteiger partial charge in [0.05, 0.1) is 11.5 Å². The number of rotatable bonds is 2. The summed E-state index contributed by atoms with van der Waals surface area (Å²) < 4.78 is 2.20. The second-order valence-electron chi connectivity index (χ2n) is 4.84. The molecule has 1 aliphatic rings. The maximum absolute atomic E-state index is 11.1. The van der Waals surface area contributed by atoms with Crippen molar-refractivity contribution < 1.29 is 9.90 Å². The molecule has 0 aliphatic heterocycles. The molecule has 1 aromatic heterocycles. The molecule has 0 amide bonds. The van der Waals surface area contributed by atoms with Crippen molar-refractivity contribution in [2.75, 3.05) is 0 Å². The molecule has 0 unspecified atom stereocenters. The number of aliphatic carboxylic acids is 1. The van der Waals surface area contributed by atoms with Gasteiger partial charge < -0.3 is 9.67 Å². The summed E-state index contributed by atoms with van der Waals surface area (Å²) in [6.07, 6.45) is 4.46. The quantitative estimate of drug-likeness (QED) is 0.777. The first kappa shape index (κ1) is 11.0. The minimum Gasteiger partial charge on any atom is -0.481 e. The fraction of sp³-hybridized carbons (Fsp3) is 0.462. The number of carbonyl (C=O) groups is 1. The summed E-state index contributed by atoms with van der Waals surface area (Å²) in [6.45, 7) is 5.88. The summed E-state index contributed by atoms with van der Waals surface area (Å²) in [4.78, 5) is 11.1. The number of aromatic nitrogens is 1. The Labute approximate surface area is 95.4 Å². The molecule has 16 heavy (non-hydrogen) atoms. The van der Waals surface area contributed by atoms with Gasteiger partial charge in [0, 0.05) is 11.4 Å². The van der Waals surface area contributed by atoms with Crippen LogP contribution in [0, 0.1) is 19.3 Å². The van der Waals surface area contributed by atoms with Gasteiger partial charge in [0.25, 0.3) is 0 Å². The van der Waals surface area contributed by atoms with Gasteiger partial charge in [0.1, 0.15) is 0 Å². The van der Waals surface area contributed by atoms with Crippen LogP contribution in [0.4, 0.5) is 0 Å². The van der Waals surface area contributed by atoms with Crippen LogP contribution in [-0.2, 0) is 4.79 Å². The van der Waals surface area contributed by atoms with Gasteiger partial charge in [-0.15, -0.1) is 0 Å². The highest BCUT2D eigenvalue weighted by Gasteiger charge is 2.37. The highest BCUT2D eigenvalue weighted by molar-refractivity contribution is 5.77. The molecule has 2 rings (SSSR count). The molecule has 0 spiro atoms. The zero-order valence-electron chi connectivity index (χ0n) is 9.90. The average Bonchev–Trinajstić information content (AvgIpc) is 2.72. The maximum atomic E-state index is 11.1. The third-order valence-corrected chi connectivity index (χ3v) is 3.47. The Morgan fingerprint density at radius 3 is 2.44 bits per heavy atom. The van der Waals surface area contributed by atoms with Crippen molar-refractivity contribution >= 4 is 5.97 Å². The lowest BCUT2D eigenvalue weighted by molar-refractivity contribution is -0.145. The van der Waals surface area contributed by atoms with Gasteiger partial charge in [-0.2, -0.15) is 0 Å². The number of carboxylic acids is 1. The molecule has 1 aromatic rings. The van der Waals surface area contributed by atoms with Crippen molar-refractivity contribution in [3.8, 4) is 0 Å². The van der Waals surface area contributed by atoms with Gasteiger partial charge in [0.15, 0.2) is 0 Å². The lowest BCUT2D eigenvalue weighted by atomic mass is 9.89. The molecule has 3 nitrogen and oxygen atoms in total. The van der Waals surface area contributed by atoms with E-state index >= 15 is 0 Å². The van der Waals surface area contributed by atoms with E-state index in [0.717, 1.165) is 0 Å². The molecule has 1 N–H and O–H groups in total. The van der Waals surface area contributed by atoms with Crippen molar-refractivity contribution in [3.63, 3.8) is 0 Å². The monoisotopic (exact) mass is 219 g/mol. The number of carboxylic acid groups (broad SMARTS) is 1. The molecule has 0 bridgehead atoms. The minimum atomic E-state index is -0.742. The van der Waals surface area contributed by atoms with E-state index < -0.39 is 11.4 Å². The Hall–Kier alpha value is -1.51. The smallest absolute Gasteiger partial charge is 0.313 e. The number of hydrogen-bond acceptors (Lipinski definition) is 1. The van der Waals surface area contributed by atoms with Crippen LogP contribution in [0.15, 0.2) is 24.3 Å². The largest absolute Gasteiger partial charge is 0.481 e. The van der Waals surface area contributed by atoms with Gasteiger partial charge >= 0.3 is 5.97 Å². The number of nitrogens with zero attached hydrogens (tertiary/aromatic N) is 1. The van der Waals surface area contributed by atoms with E-state index in [4.69, 9.17) is 5.11 Å². The lowest BCUT2D eigenvalue weighted by Gasteiger charge is -2.21. The van der Waals surface area contributed by atoms with E-state index in [1.54, 1.807) is 6.92 Å². The van der Waals surface area contributed by atoms with Crippen molar-refractivity contribution in [2.45, 2.75) is 33.2 Å². The molecule has 2 atom stereocenters. The first-order valence-electron chi connectivity index (χ1n) is 5.51. The van der Waals surface area contributed by atoms with Crippen LogP contribution in [0.5, 0.6) is 0 Å². The van der Waals surface area contributed by atoms with Crippen molar-refractivity contribution in [3.05, 3.63) is 35.7 Å². The summed E-state index contributed by atoms with van der Waals surface area (Å²) in [5, 5.41) is 9.17. The van der Waals surface area contributed by atoms with Crippen LogP contribution in [-0.4, -0.2) is 15.6 Å². The second kappa shape index (κ2) is 3.51. The summed E-state index contributed by atoms with van der Waals surface area (Å²) in [7, 11) is 0. The number of aryl methyl sites for hydroxylation is 2. The van der Waals surface area contributed by atoms with Gasteiger partial charge in [0.2, 0.25) is 0 Å². The number of hydrogen-bond donors (Lipinski definition) is 1. The third kappa shape index (κ3) is 1.56. The topological polar surface area (TPSA) is 42.2 Å². The van der Waals surface area contributed by atoms with E-state index in [9.17, 15) is 4.79 Å². The molecule has 0 fully saturated rings. The van der Waals surface area contributed by atoms with Crippen LogP contribution in [0.1, 0.15) is 30.8 Å². The van der Waals surface area contributed by atoms with Crippen LogP contribution in [0.25, 0.3) is 0 Å². The number of allylic oxidation sites excluding steroid dienone is 1. The van der Waals surface area contributed by atoms with Crippen LogP contribution < -0.4 is 0 Å². The first-order chi connectivity index (χ1) is 7.44. The van der Waals surface area contributed by atoms with Gasteiger partial charge in [-0.05, 0) is 39.3 Å². The Morgan fingerprint density at radius 2 is 2.00 bits per heavy atom. The van der Waals surface area contributed by atoms with Gasteiger partial charge in [-0.3, -0.25) is 4.79 Å². The molecule has 3 heteroatoms. The van der Waals surface area contributed by atoms with E-state index in [-0.39, 0.29) is 6.04 Å². The molecule has 0 saturated carbocycles. The predicted octanol–water partition coefficient (Wildman–Crippen LogP) is 2.70. The molecular formula is C13H17NO2. The standard InChI is InChI=1S/C13H17NO2/c1-9-4-5-10(2)14(9)11-6-7-13(3,8-11)12(15)16/h4-7,11H,8H2,1-3H3,(H,15,16)/t11-,13+/m1/s1. The SMILES string of the molecule is Cc1ccc(C)n1[C@@H]1C=C[C@](C)(C(=O)O)C1. The van der Waals surface area contributed by atoms with E-state index in [2.05, 4.69) is 30.5 Å². The van der Waals surface area contributed by atoms with Gasteiger partial charge in [-0.1, -0.05) is 12.2 Å². The second-order valence-corrected chi connectivity index (χ2v) is 4.84. The molecule has 1 heterocycles. The summed E-state index contributed by atoms with van der Waals surface area (Å²) in [6, 6.07) is 4.32. The first-order valence-corrected chi connectivity index (χ1v) is 5.51. The minimum absolute atomic E-state index is 0.177. The Balaban J connectivity index is 2.29. The molecule has 0 aromatic carbocycles.